The minimum atomic E-state index is -3.64. The topological polar surface area (TPSA) is 177 Å². The van der Waals surface area contributed by atoms with Crippen LogP contribution in [0.25, 0.3) is 0 Å². The molecule has 4 N–H and O–H groups in total. The van der Waals surface area contributed by atoms with E-state index in [-0.39, 0.29) is 47.6 Å². The van der Waals surface area contributed by atoms with Crippen molar-refractivity contribution in [3.8, 4) is 0 Å². The molecule has 0 saturated carbocycles. The number of likely N-dealkylation sites (tertiary alicyclic amines) is 1. The fraction of sp³-hybridized carbons (Fsp3) is 0.458. The number of fused-ring (bicyclic) bond motifs is 1. The van der Waals surface area contributed by atoms with Gasteiger partial charge in [-0.2, -0.15) is 4.98 Å². The van der Waals surface area contributed by atoms with Crippen LogP contribution in [0.4, 0.5) is 38.4 Å². The number of rotatable bonds is 7. The van der Waals surface area contributed by atoms with Gasteiger partial charge in [0.1, 0.15) is 5.69 Å². The van der Waals surface area contributed by atoms with Crippen molar-refractivity contribution >= 4 is 56.7 Å². The molecule has 1 saturated heterocycles. The van der Waals surface area contributed by atoms with Crippen LogP contribution < -0.4 is 25.8 Å². The number of likely N-dealkylation sites (N-methyl/N-ethyl adjacent to an activating group) is 1. The minimum absolute atomic E-state index is 0.00108. The fourth-order valence-electron chi connectivity index (χ4n) is 4.53. The van der Waals surface area contributed by atoms with Gasteiger partial charge in [-0.25, -0.2) is 23.0 Å². The van der Waals surface area contributed by atoms with E-state index in [9.17, 15) is 27.9 Å². The Labute approximate surface area is 226 Å². The number of hydrogen-bond donors (Lipinski definition) is 4. The highest BCUT2D eigenvalue weighted by Gasteiger charge is 2.31. The van der Waals surface area contributed by atoms with Crippen molar-refractivity contribution in [1.82, 2.24) is 20.2 Å². The van der Waals surface area contributed by atoms with Crippen molar-refractivity contribution in [2.45, 2.75) is 43.7 Å². The number of sulfone groups is 1. The lowest BCUT2D eigenvalue weighted by molar-refractivity contribution is -0.117. The summed E-state index contributed by atoms with van der Waals surface area (Å²) in [6.07, 6.45) is 2.91. The normalized spacial score (nSPS) is 17.3. The van der Waals surface area contributed by atoms with Gasteiger partial charge in [0.2, 0.25) is 11.9 Å². The van der Waals surface area contributed by atoms with Crippen molar-refractivity contribution in [2.75, 3.05) is 53.4 Å². The van der Waals surface area contributed by atoms with Gasteiger partial charge in [-0.1, -0.05) is 0 Å². The minimum Gasteiger partial charge on any atom is -0.465 e. The Morgan fingerprint density at radius 1 is 1.21 bits per heavy atom. The third kappa shape index (κ3) is 6.30. The van der Waals surface area contributed by atoms with Crippen molar-refractivity contribution < 1.29 is 27.9 Å². The van der Waals surface area contributed by atoms with Gasteiger partial charge in [0.05, 0.1) is 23.7 Å². The first-order valence-corrected chi connectivity index (χ1v) is 14.3. The molecule has 1 aromatic carbocycles. The standard InChI is InChI=1S/C24H32N8O6S/c1-14(2)32-13-20(33)30(3)19-12-25-22(29-21(19)32)27-15-8-16(10-18(9-15)39(4,37)38)28-23(34)26-11-17-6-5-7-31(17)24(35)36/h8-10,12,14,17H,5-7,11,13H2,1-4H3,(H,35,36)(H,25,27,29)(H2,26,28,34)/t17-/m1/s1. The number of carbonyl (C=O) groups is 3. The molecular formula is C24H32N8O6S. The average molecular weight is 561 g/mol. The zero-order valence-electron chi connectivity index (χ0n) is 22.1. The molecular weight excluding hydrogens is 528 g/mol. The highest BCUT2D eigenvalue weighted by atomic mass is 32.2. The van der Waals surface area contributed by atoms with Crippen LogP contribution in [0.15, 0.2) is 29.3 Å². The smallest absolute Gasteiger partial charge is 0.407 e. The molecule has 15 heteroatoms. The van der Waals surface area contributed by atoms with Crippen molar-refractivity contribution in [3.05, 3.63) is 24.4 Å². The first kappa shape index (κ1) is 27.9. The molecule has 0 aliphatic carbocycles. The maximum Gasteiger partial charge on any atom is 0.407 e. The summed E-state index contributed by atoms with van der Waals surface area (Å²) in [7, 11) is -1.99. The van der Waals surface area contributed by atoms with Crippen molar-refractivity contribution in [1.29, 1.82) is 0 Å². The predicted octanol–water partition coefficient (Wildman–Crippen LogP) is 2.08. The van der Waals surface area contributed by atoms with Crippen LogP contribution in [-0.4, -0.2) is 91.4 Å². The number of nitrogens with one attached hydrogen (secondary N) is 3. The molecule has 0 bridgehead atoms. The molecule has 39 heavy (non-hydrogen) atoms. The Kier molecular flexibility index (Phi) is 7.81. The van der Waals surface area contributed by atoms with Gasteiger partial charge >= 0.3 is 12.1 Å². The summed E-state index contributed by atoms with van der Waals surface area (Å²) >= 11 is 0. The lowest BCUT2D eigenvalue weighted by Crippen LogP contribution is -2.47. The van der Waals surface area contributed by atoms with E-state index in [1.54, 1.807) is 7.05 Å². The van der Waals surface area contributed by atoms with Crippen LogP contribution in [0.2, 0.25) is 0 Å². The lowest BCUT2D eigenvalue weighted by Gasteiger charge is -2.36. The SMILES string of the molecule is CC(C)N1CC(=O)N(C)c2cnc(Nc3cc(NC(=O)NC[C@H]4CCCN4C(=O)O)cc(S(C)(=O)=O)c3)nc21. The van der Waals surface area contributed by atoms with Crippen LogP contribution in [-0.2, 0) is 14.6 Å². The highest BCUT2D eigenvalue weighted by Crippen LogP contribution is 2.33. The van der Waals surface area contributed by atoms with Gasteiger partial charge in [-0.05, 0) is 44.9 Å². The maximum absolute atomic E-state index is 12.6. The number of urea groups is 1. The molecule has 2 aliphatic rings. The molecule has 2 aromatic rings. The highest BCUT2D eigenvalue weighted by molar-refractivity contribution is 7.90. The van der Waals surface area contributed by atoms with E-state index in [4.69, 9.17) is 0 Å². The summed E-state index contributed by atoms with van der Waals surface area (Å²) < 4.78 is 24.7. The summed E-state index contributed by atoms with van der Waals surface area (Å²) in [6, 6.07) is 3.34. The number of aromatic nitrogens is 2. The zero-order chi connectivity index (χ0) is 28.5. The Morgan fingerprint density at radius 2 is 1.92 bits per heavy atom. The van der Waals surface area contributed by atoms with E-state index < -0.39 is 22.0 Å². The first-order valence-electron chi connectivity index (χ1n) is 12.4. The third-order valence-electron chi connectivity index (χ3n) is 6.66. The van der Waals surface area contributed by atoms with Crippen LogP contribution >= 0.6 is 0 Å². The van der Waals surface area contributed by atoms with Gasteiger partial charge in [0, 0.05) is 43.8 Å². The Hall–Kier alpha value is -4.14. The third-order valence-corrected chi connectivity index (χ3v) is 7.75. The summed E-state index contributed by atoms with van der Waals surface area (Å²) in [6.45, 7) is 4.60. The van der Waals surface area contributed by atoms with Gasteiger partial charge in [-0.15, -0.1) is 0 Å². The predicted molar refractivity (Wildman–Crippen MR) is 146 cm³/mol. The van der Waals surface area contributed by atoms with Crippen molar-refractivity contribution in [3.63, 3.8) is 0 Å². The molecule has 14 nitrogen and oxygen atoms in total. The largest absolute Gasteiger partial charge is 0.465 e. The summed E-state index contributed by atoms with van der Waals surface area (Å²) in [5, 5.41) is 17.6. The van der Waals surface area contributed by atoms with E-state index >= 15 is 0 Å². The Bertz CT molecular complexity index is 1400. The molecule has 1 aromatic heterocycles. The van der Waals surface area contributed by atoms with Crippen LogP contribution in [0, 0.1) is 0 Å². The number of amides is 4. The fourth-order valence-corrected chi connectivity index (χ4v) is 5.22. The quantitative estimate of drug-likeness (QED) is 0.392. The molecule has 2 aliphatic heterocycles. The van der Waals surface area contributed by atoms with E-state index in [0.717, 1.165) is 12.7 Å². The molecule has 4 amide bonds. The van der Waals surface area contributed by atoms with Crippen LogP contribution in [0.1, 0.15) is 26.7 Å². The molecule has 3 heterocycles. The van der Waals surface area contributed by atoms with E-state index in [1.807, 2.05) is 18.7 Å². The molecule has 0 spiro atoms. The summed E-state index contributed by atoms with van der Waals surface area (Å²) in [5.41, 5.74) is 1.07. The Balaban J connectivity index is 1.55. The molecule has 1 atom stereocenters. The number of benzene rings is 1. The van der Waals surface area contributed by atoms with Gasteiger partial charge in [0.25, 0.3) is 0 Å². The number of anilines is 5. The monoisotopic (exact) mass is 560 g/mol. The molecule has 1 fully saturated rings. The van der Waals surface area contributed by atoms with Crippen molar-refractivity contribution in [2.24, 2.45) is 0 Å². The Morgan fingerprint density at radius 3 is 2.59 bits per heavy atom. The molecule has 210 valence electrons. The van der Waals surface area contributed by atoms with E-state index in [2.05, 4.69) is 25.9 Å². The number of carboxylic acid groups (broad SMARTS) is 1. The van der Waals surface area contributed by atoms with Gasteiger partial charge < -0.3 is 35.8 Å². The van der Waals surface area contributed by atoms with E-state index in [1.165, 1.54) is 34.2 Å². The summed E-state index contributed by atoms with van der Waals surface area (Å²) in [4.78, 5) is 49.7. The zero-order valence-corrected chi connectivity index (χ0v) is 22.9. The number of nitrogens with zero attached hydrogens (tertiary/aromatic N) is 5. The first-order chi connectivity index (χ1) is 18.3. The van der Waals surface area contributed by atoms with E-state index in [0.29, 0.717) is 30.2 Å². The van der Waals surface area contributed by atoms with Crippen LogP contribution in [0.3, 0.4) is 0 Å². The maximum atomic E-state index is 12.6. The lowest BCUT2D eigenvalue weighted by atomic mass is 10.2. The van der Waals surface area contributed by atoms with Gasteiger partial charge in [0.15, 0.2) is 15.7 Å². The number of carbonyl (C=O) groups excluding carboxylic acids is 2. The molecule has 4 rings (SSSR count). The number of hydrogen-bond acceptors (Lipinski definition) is 9. The second-order valence-corrected chi connectivity index (χ2v) is 11.8. The molecule has 0 unspecified atom stereocenters. The molecule has 0 radical (unpaired) electrons. The second-order valence-electron chi connectivity index (χ2n) is 9.83. The van der Waals surface area contributed by atoms with Crippen LogP contribution in [0.5, 0.6) is 0 Å². The second kappa shape index (κ2) is 10.9. The van der Waals surface area contributed by atoms with Gasteiger partial charge in [-0.3, -0.25) is 4.79 Å². The average Bonchev–Trinajstić information content (AvgIpc) is 3.33. The summed E-state index contributed by atoms with van der Waals surface area (Å²) in [5.74, 6) is 0.654.